The standard InChI is InChI=1S/C13H20N2O2S/c1-9(18-3)6-7-15-13(16)10-4-5-12(17-2)11(14)8-10/h4-5,8-9H,6-7,14H2,1-3H3,(H,15,16). The van der Waals surface area contributed by atoms with Gasteiger partial charge in [0, 0.05) is 17.4 Å². The lowest BCUT2D eigenvalue weighted by Gasteiger charge is -2.10. The Balaban J connectivity index is 2.54. The molecule has 0 saturated carbocycles. The monoisotopic (exact) mass is 268 g/mol. The number of carbonyl (C=O) groups is 1. The van der Waals surface area contributed by atoms with E-state index >= 15 is 0 Å². The van der Waals surface area contributed by atoms with Gasteiger partial charge in [-0.1, -0.05) is 6.92 Å². The fourth-order valence-corrected chi connectivity index (χ4v) is 1.84. The number of hydrogen-bond acceptors (Lipinski definition) is 4. The van der Waals surface area contributed by atoms with E-state index in [2.05, 4.69) is 18.5 Å². The van der Waals surface area contributed by atoms with Gasteiger partial charge in [0.05, 0.1) is 12.8 Å². The maximum absolute atomic E-state index is 11.9. The number of nitrogens with two attached hydrogens (primary N) is 1. The lowest BCUT2D eigenvalue weighted by molar-refractivity contribution is 0.0953. The number of thioether (sulfide) groups is 1. The minimum atomic E-state index is -0.0994. The molecule has 0 bridgehead atoms. The second-order valence-electron chi connectivity index (χ2n) is 4.05. The number of methoxy groups -OCH3 is 1. The maximum Gasteiger partial charge on any atom is 0.251 e. The zero-order chi connectivity index (χ0) is 13.5. The molecule has 0 aromatic heterocycles. The SMILES string of the molecule is COc1ccc(C(=O)NCCC(C)SC)cc1N. The van der Waals surface area contributed by atoms with Crippen molar-refractivity contribution in [1.29, 1.82) is 0 Å². The van der Waals surface area contributed by atoms with E-state index in [1.54, 1.807) is 37.1 Å². The fourth-order valence-electron chi connectivity index (χ4n) is 1.48. The van der Waals surface area contributed by atoms with Crippen LogP contribution in [0.2, 0.25) is 0 Å². The summed E-state index contributed by atoms with van der Waals surface area (Å²) in [5.74, 6) is 0.486. The average Bonchev–Trinajstić information content (AvgIpc) is 2.38. The number of amides is 1. The number of nitrogen functional groups attached to an aromatic ring is 1. The Morgan fingerprint density at radius 3 is 2.83 bits per heavy atom. The maximum atomic E-state index is 11.9. The van der Waals surface area contributed by atoms with Crippen LogP contribution in [0, 0.1) is 0 Å². The molecule has 0 radical (unpaired) electrons. The van der Waals surface area contributed by atoms with Gasteiger partial charge >= 0.3 is 0 Å². The van der Waals surface area contributed by atoms with Crippen molar-refractivity contribution in [3.8, 4) is 5.75 Å². The molecule has 1 aromatic carbocycles. The van der Waals surface area contributed by atoms with E-state index in [4.69, 9.17) is 10.5 Å². The third kappa shape index (κ3) is 4.14. The molecule has 100 valence electrons. The molecule has 0 aliphatic heterocycles. The van der Waals surface area contributed by atoms with E-state index in [0.717, 1.165) is 6.42 Å². The van der Waals surface area contributed by atoms with Crippen LogP contribution >= 0.6 is 11.8 Å². The van der Waals surface area contributed by atoms with Crippen molar-refractivity contribution >= 4 is 23.4 Å². The van der Waals surface area contributed by atoms with Crippen LogP contribution in [0.3, 0.4) is 0 Å². The van der Waals surface area contributed by atoms with Gasteiger partial charge in [-0.3, -0.25) is 4.79 Å². The third-order valence-electron chi connectivity index (χ3n) is 2.73. The highest BCUT2D eigenvalue weighted by Crippen LogP contribution is 2.21. The van der Waals surface area contributed by atoms with Crippen LogP contribution in [0.25, 0.3) is 0 Å². The molecule has 5 heteroatoms. The first-order valence-corrected chi connectivity index (χ1v) is 7.11. The third-order valence-corrected chi connectivity index (χ3v) is 3.77. The number of anilines is 1. The summed E-state index contributed by atoms with van der Waals surface area (Å²) in [4.78, 5) is 11.9. The number of rotatable bonds is 6. The first-order valence-electron chi connectivity index (χ1n) is 5.83. The predicted molar refractivity (Wildman–Crippen MR) is 77.3 cm³/mol. The molecule has 0 aliphatic carbocycles. The van der Waals surface area contributed by atoms with Crippen molar-refractivity contribution in [2.45, 2.75) is 18.6 Å². The molecule has 3 N–H and O–H groups in total. The van der Waals surface area contributed by atoms with E-state index in [0.29, 0.717) is 28.8 Å². The van der Waals surface area contributed by atoms with Crippen molar-refractivity contribution in [3.63, 3.8) is 0 Å². The Labute approximate surface area is 112 Å². The Bertz CT molecular complexity index is 410. The second kappa shape index (κ2) is 7.16. The Hall–Kier alpha value is -1.36. The van der Waals surface area contributed by atoms with Crippen molar-refractivity contribution in [2.24, 2.45) is 0 Å². The number of nitrogens with one attached hydrogen (secondary N) is 1. The quantitative estimate of drug-likeness (QED) is 0.776. The summed E-state index contributed by atoms with van der Waals surface area (Å²) in [7, 11) is 1.55. The van der Waals surface area contributed by atoms with Crippen molar-refractivity contribution in [1.82, 2.24) is 5.32 Å². The molecule has 1 rings (SSSR count). The van der Waals surface area contributed by atoms with Gasteiger partial charge in [-0.25, -0.2) is 0 Å². The highest BCUT2D eigenvalue weighted by Gasteiger charge is 2.08. The highest BCUT2D eigenvalue weighted by molar-refractivity contribution is 7.99. The lowest BCUT2D eigenvalue weighted by Crippen LogP contribution is -2.26. The van der Waals surface area contributed by atoms with E-state index in [1.807, 2.05) is 0 Å². The number of hydrogen-bond donors (Lipinski definition) is 2. The molecule has 0 saturated heterocycles. The summed E-state index contributed by atoms with van der Waals surface area (Å²) < 4.78 is 5.05. The molecule has 1 unspecified atom stereocenters. The molecule has 0 fully saturated rings. The molecule has 18 heavy (non-hydrogen) atoms. The molecule has 1 amide bonds. The van der Waals surface area contributed by atoms with Crippen LogP contribution in [-0.2, 0) is 0 Å². The van der Waals surface area contributed by atoms with Crippen LogP contribution in [0.5, 0.6) is 5.75 Å². The van der Waals surface area contributed by atoms with Gasteiger partial charge in [-0.2, -0.15) is 11.8 Å². The van der Waals surface area contributed by atoms with Gasteiger partial charge in [0.15, 0.2) is 0 Å². The number of carbonyl (C=O) groups excluding carboxylic acids is 1. The smallest absolute Gasteiger partial charge is 0.251 e. The summed E-state index contributed by atoms with van der Waals surface area (Å²) in [6, 6.07) is 5.05. The second-order valence-corrected chi connectivity index (χ2v) is 5.32. The van der Waals surface area contributed by atoms with Crippen molar-refractivity contribution in [2.75, 3.05) is 25.6 Å². The molecule has 0 heterocycles. The van der Waals surface area contributed by atoms with Crippen LogP contribution < -0.4 is 15.8 Å². The highest BCUT2D eigenvalue weighted by atomic mass is 32.2. The van der Waals surface area contributed by atoms with Gasteiger partial charge in [0.2, 0.25) is 0 Å². The van der Waals surface area contributed by atoms with Gasteiger partial charge in [-0.15, -0.1) is 0 Å². The molecule has 0 aliphatic rings. The number of benzene rings is 1. The van der Waals surface area contributed by atoms with Gasteiger partial charge in [0.25, 0.3) is 5.91 Å². The summed E-state index contributed by atoms with van der Waals surface area (Å²) in [6.07, 6.45) is 3.02. The topological polar surface area (TPSA) is 64.3 Å². The van der Waals surface area contributed by atoms with Gasteiger partial charge < -0.3 is 15.8 Å². The van der Waals surface area contributed by atoms with E-state index in [9.17, 15) is 4.79 Å². The van der Waals surface area contributed by atoms with E-state index in [-0.39, 0.29) is 5.91 Å². The number of ether oxygens (including phenoxy) is 1. The van der Waals surface area contributed by atoms with Crippen LogP contribution in [-0.4, -0.2) is 31.1 Å². The first-order chi connectivity index (χ1) is 8.58. The Kier molecular flexibility index (Phi) is 5.85. The molecular formula is C13H20N2O2S. The molecule has 0 spiro atoms. The Morgan fingerprint density at radius 2 is 2.28 bits per heavy atom. The average molecular weight is 268 g/mol. The normalized spacial score (nSPS) is 11.9. The van der Waals surface area contributed by atoms with Crippen molar-refractivity contribution < 1.29 is 9.53 Å². The summed E-state index contributed by atoms with van der Waals surface area (Å²) in [6.45, 7) is 2.81. The molecule has 4 nitrogen and oxygen atoms in total. The summed E-state index contributed by atoms with van der Waals surface area (Å²) >= 11 is 1.79. The van der Waals surface area contributed by atoms with Crippen LogP contribution in [0.1, 0.15) is 23.7 Å². The zero-order valence-electron chi connectivity index (χ0n) is 11.0. The van der Waals surface area contributed by atoms with Crippen LogP contribution in [0.4, 0.5) is 5.69 Å². The van der Waals surface area contributed by atoms with E-state index < -0.39 is 0 Å². The largest absolute Gasteiger partial charge is 0.495 e. The lowest BCUT2D eigenvalue weighted by atomic mass is 10.1. The fraction of sp³-hybridized carbons (Fsp3) is 0.462. The van der Waals surface area contributed by atoms with Gasteiger partial charge in [0.1, 0.15) is 5.75 Å². The predicted octanol–water partition coefficient (Wildman–Crippen LogP) is 2.15. The Morgan fingerprint density at radius 1 is 1.56 bits per heavy atom. The minimum Gasteiger partial charge on any atom is -0.495 e. The van der Waals surface area contributed by atoms with Crippen LogP contribution in [0.15, 0.2) is 18.2 Å². The summed E-state index contributed by atoms with van der Waals surface area (Å²) in [5.41, 5.74) is 6.79. The minimum absolute atomic E-state index is 0.0994. The zero-order valence-corrected chi connectivity index (χ0v) is 11.8. The van der Waals surface area contributed by atoms with Crippen molar-refractivity contribution in [3.05, 3.63) is 23.8 Å². The molecule has 1 aromatic rings. The van der Waals surface area contributed by atoms with Gasteiger partial charge in [-0.05, 0) is 30.9 Å². The van der Waals surface area contributed by atoms with E-state index in [1.165, 1.54) is 0 Å². The molecular weight excluding hydrogens is 248 g/mol. The molecule has 1 atom stereocenters. The summed E-state index contributed by atoms with van der Waals surface area (Å²) in [5, 5.41) is 3.43. The first kappa shape index (κ1) is 14.7.